The van der Waals surface area contributed by atoms with Gasteiger partial charge in [-0.25, -0.2) is 4.98 Å². The van der Waals surface area contributed by atoms with Crippen molar-refractivity contribution in [2.75, 3.05) is 11.1 Å². The maximum Gasteiger partial charge on any atom is 0.212 e. The van der Waals surface area contributed by atoms with E-state index in [1.165, 1.54) is 16.0 Å². The molecule has 2 aromatic heterocycles. The fourth-order valence-corrected chi connectivity index (χ4v) is 2.36. The molecule has 3 aromatic rings. The van der Waals surface area contributed by atoms with Crippen LogP contribution in [0.25, 0.3) is 5.13 Å². The first-order valence-electron chi connectivity index (χ1n) is 5.80. The molecule has 3 N–H and O–H groups in total. The summed E-state index contributed by atoms with van der Waals surface area (Å²) in [5.74, 6) is 0.701. The molecule has 0 amide bonds. The van der Waals surface area contributed by atoms with Crippen LogP contribution in [-0.4, -0.2) is 14.8 Å². The van der Waals surface area contributed by atoms with Crippen LogP contribution in [-0.2, 0) is 0 Å². The highest BCUT2D eigenvalue weighted by molar-refractivity contribution is 7.12. The van der Waals surface area contributed by atoms with Gasteiger partial charge in [0.1, 0.15) is 17.5 Å². The molecule has 0 saturated heterocycles. The highest BCUT2D eigenvalue weighted by atomic mass is 32.1. The van der Waals surface area contributed by atoms with Gasteiger partial charge in [0.25, 0.3) is 0 Å². The Kier molecular flexibility index (Phi) is 3.07. The van der Waals surface area contributed by atoms with E-state index in [1.807, 2.05) is 35.7 Å². The van der Waals surface area contributed by atoms with Crippen LogP contribution in [0.2, 0.25) is 0 Å². The third-order valence-electron chi connectivity index (χ3n) is 2.67. The zero-order valence-corrected chi connectivity index (χ0v) is 11.1. The fraction of sp³-hybridized carbons (Fsp3) is 0. The Bertz CT molecular complexity index is 754. The van der Waals surface area contributed by atoms with Gasteiger partial charge in [0.15, 0.2) is 5.82 Å². The summed E-state index contributed by atoms with van der Waals surface area (Å²) >= 11 is 1.40. The number of para-hydroxylation sites is 1. The maximum atomic E-state index is 9.25. The minimum Gasteiger partial charge on any atom is -0.382 e. The predicted molar refractivity (Wildman–Crippen MR) is 78.1 cm³/mol. The Morgan fingerprint density at radius 2 is 2.10 bits per heavy atom. The molecule has 0 bridgehead atoms. The number of nitrogens with one attached hydrogen (secondary N) is 1. The number of anilines is 3. The second kappa shape index (κ2) is 5.03. The topological polar surface area (TPSA) is 92.5 Å². The van der Waals surface area contributed by atoms with E-state index in [9.17, 15) is 5.26 Å². The third kappa shape index (κ3) is 2.08. The molecule has 0 unspecified atom stereocenters. The van der Waals surface area contributed by atoms with Crippen molar-refractivity contribution in [1.29, 1.82) is 5.26 Å². The Morgan fingerprint density at radius 1 is 1.30 bits per heavy atom. The second-order valence-corrected chi connectivity index (χ2v) is 4.81. The van der Waals surface area contributed by atoms with Crippen LogP contribution in [0.4, 0.5) is 17.3 Å². The van der Waals surface area contributed by atoms with Crippen LogP contribution in [0.15, 0.2) is 41.9 Å². The van der Waals surface area contributed by atoms with E-state index in [0.717, 1.165) is 5.69 Å². The monoisotopic (exact) mass is 282 g/mol. The Balaban J connectivity index is 2.04. The third-order valence-corrected chi connectivity index (χ3v) is 3.42. The summed E-state index contributed by atoms with van der Waals surface area (Å²) in [5, 5.41) is 19.1. The molecule has 0 saturated carbocycles. The van der Waals surface area contributed by atoms with Crippen molar-refractivity contribution in [3.8, 4) is 11.2 Å². The highest BCUT2D eigenvalue weighted by Gasteiger charge is 2.17. The normalized spacial score (nSPS) is 10.2. The van der Waals surface area contributed by atoms with Crippen LogP contribution in [0.1, 0.15) is 5.56 Å². The smallest absolute Gasteiger partial charge is 0.212 e. The Labute approximate surface area is 119 Å². The van der Waals surface area contributed by atoms with Crippen molar-refractivity contribution >= 4 is 28.7 Å². The number of nitriles is 1. The van der Waals surface area contributed by atoms with Crippen molar-refractivity contribution < 1.29 is 0 Å². The standard InChI is InChI=1S/C13H10N6S/c14-8-10-11(15)19(13-16-6-7-20-13)18-12(10)17-9-4-2-1-3-5-9/h1-7H,15H2,(H,17,18). The molecule has 2 heterocycles. The number of rotatable bonds is 3. The van der Waals surface area contributed by atoms with Crippen LogP contribution in [0, 0.1) is 11.3 Å². The quantitative estimate of drug-likeness (QED) is 0.770. The molecular weight excluding hydrogens is 272 g/mol. The minimum atomic E-state index is 0.279. The van der Waals surface area contributed by atoms with E-state index in [1.54, 1.807) is 6.20 Å². The lowest BCUT2D eigenvalue weighted by Gasteiger charge is -2.01. The van der Waals surface area contributed by atoms with Gasteiger partial charge in [-0.2, -0.15) is 9.94 Å². The maximum absolute atomic E-state index is 9.25. The van der Waals surface area contributed by atoms with E-state index in [4.69, 9.17) is 5.73 Å². The lowest BCUT2D eigenvalue weighted by atomic mass is 10.3. The van der Waals surface area contributed by atoms with Crippen LogP contribution in [0.5, 0.6) is 0 Å². The zero-order chi connectivity index (χ0) is 13.9. The van der Waals surface area contributed by atoms with E-state index < -0.39 is 0 Å². The SMILES string of the molecule is N#Cc1c(Nc2ccccc2)nn(-c2nccs2)c1N. The van der Waals surface area contributed by atoms with Gasteiger partial charge in [0.05, 0.1) is 0 Å². The van der Waals surface area contributed by atoms with Gasteiger partial charge >= 0.3 is 0 Å². The molecule has 0 aliphatic rings. The molecule has 1 aromatic carbocycles. The summed E-state index contributed by atoms with van der Waals surface area (Å²) in [6.07, 6.45) is 1.66. The van der Waals surface area contributed by atoms with Crippen LogP contribution in [0.3, 0.4) is 0 Å². The number of hydrogen-bond donors (Lipinski definition) is 2. The molecular formula is C13H10N6S. The number of benzene rings is 1. The Morgan fingerprint density at radius 3 is 2.75 bits per heavy atom. The molecule has 3 rings (SSSR count). The number of nitrogens with two attached hydrogens (primary N) is 1. The molecule has 0 fully saturated rings. The predicted octanol–water partition coefficient (Wildman–Crippen LogP) is 2.53. The van der Waals surface area contributed by atoms with Gasteiger partial charge in [-0.3, -0.25) is 0 Å². The van der Waals surface area contributed by atoms with Crippen molar-refractivity contribution in [1.82, 2.24) is 14.8 Å². The summed E-state index contributed by atoms with van der Waals surface area (Å²) in [5.41, 5.74) is 7.11. The first kappa shape index (κ1) is 12.2. The van der Waals surface area contributed by atoms with Crippen molar-refractivity contribution in [2.24, 2.45) is 0 Å². The lowest BCUT2D eigenvalue weighted by molar-refractivity contribution is 0.884. The molecule has 6 nitrogen and oxygen atoms in total. The van der Waals surface area contributed by atoms with Gasteiger partial charge < -0.3 is 11.1 Å². The number of aromatic nitrogens is 3. The molecule has 0 aliphatic carbocycles. The van der Waals surface area contributed by atoms with Crippen LogP contribution < -0.4 is 11.1 Å². The van der Waals surface area contributed by atoms with E-state index >= 15 is 0 Å². The van der Waals surface area contributed by atoms with E-state index in [2.05, 4.69) is 21.5 Å². The van der Waals surface area contributed by atoms with Gasteiger partial charge in [-0.05, 0) is 12.1 Å². The number of hydrogen-bond acceptors (Lipinski definition) is 6. The zero-order valence-electron chi connectivity index (χ0n) is 10.3. The second-order valence-electron chi connectivity index (χ2n) is 3.94. The molecule has 0 radical (unpaired) electrons. The van der Waals surface area contributed by atoms with Crippen molar-refractivity contribution in [3.05, 3.63) is 47.5 Å². The summed E-state index contributed by atoms with van der Waals surface area (Å²) < 4.78 is 1.47. The number of thiazole rings is 1. The molecule has 20 heavy (non-hydrogen) atoms. The van der Waals surface area contributed by atoms with E-state index in [0.29, 0.717) is 16.5 Å². The number of nitrogens with zero attached hydrogens (tertiary/aromatic N) is 4. The molecule has 0 aliphatic heterocycles. The first-order valence-corrected chi connectivity index (χ1v) is 6.68. The molecule has 0 atom stereocenters. The van der Waals surface area contributed by atoms with Gasteiger partial charge in [0, 0.05) is 17.3 Å². The lowest BCUT2D eigenvalue weighted by Crippen LogP contribution is -2.01. The fourth-order valence-electron chi connectivity index (χ4n) is 1.75. The Hall–Kier alpha value is -2.85. The average Bonchev–Trinajstić information content (AvgIpc) is 3.08. The molecule has 0 spiro atoms. The first-order chi connectivity index (χ1) is 9.79. The minimum absolute atomic E-state index is 0.279. The number of nitrogen functional groups attached to an aromatic ring is 1. The van der Waals surface area contributed by atoms with Crippen molar-refractivity contribution in [2.45, 2.75) is 0 Å². The summed E-state index contributed by atoms with van der Waals surface area (Å²) in [6.45, 7) is 0. The van der Waals surface area contributed by atoms with Crippen LogP contribution >= 0.6 is 11.3 Å². The van der Waals surface area contributed by atoms with Gasteiger partial charge in [-0.15, -0.1) is 16.4 Å². The average molecular weight is 282 g/mol. The van der Waals surface area contributed by atoms with Gasteiger partial charge in [0.2, 0.25) is 5.13 Å². The van der Waals surface area contributed by atoms with Gasteiger partial charge in [-0.1, -0.05) is 18.2 Å². The summed E-state index contributed by atoms with van der Waals surface area (Å²) in [7, 11) is 0. The molecule has 98 valence electrons. The highest BCUT2D eigenvalue weighted by Crippen LogP contribution is 2.27. The summed E-state index contributed by atoms with van der Waals surface area (Å²) in [6, 6.07) is 11.6. The van der Waals surface area contributed by atoms with E-state index in [-0.39, 0.29) is 5.82 Å². The van der Waals surface area contributed by atoms with Crippen molar-refractivity contribution in [3.63, 3.8) is 0 Å². The largest absolute Gasteiger partial charge is 0.382 e. The molecule has 7 heteroatoms. The summed E-state index contributed by atoms with van der Waals surface area (Å²) in [4.78, 5) is 4.14.